The predicted molar refractivity (Wildman–Crippen MR) is 85.1 cm³/mol. The normalized spacial score (nSPS) is 34.5. The lowest BCUT2D eigenvalue weighted by Crippen LogP contribution is -2.48. The molecule has 3 fully saturated rings. The van der Waals surface area contributed by atoms with Gasteiger partial charge in [0.1, 0.15) is 0 Å². The number of nitrogens with one attached hydrogen (secondary N) is 1. The van der Waals surface area contributed by atoms with Gasteiger partial charge in [0.15, 0.2) is 0 Å². The molecule has 1 aliphatic carbocycles. The summed E-state index contributed by atoms with van der Waals surface area (Å²) < 4.78 is 0. The Kier molecular flexibility index (Phi) is 5.00. The molecule has 3 nitrogen and oxygen atoms in total. The fraction of sp³-hybridized carbons (Fsp3) is 1.00. The highest BCUT2D eigenvalue weighted by Crippen LogP contribution is 2.30. The summed E-state index contributed by atoms with van der Waals surface area (Å²) in [7, 11) is 0. The van der Waals surface area contributed by atoms with Crippen LogP contribution in [-0.2, 0) is 0 Å². The van der Waals surface area contributed by atoms with Crippen LogP contribution >= 0.6 is 0 Å². The molecule has 1 saturated carbocycles. The highest BCUT2D eigenvalue weighted by molar-refractivity contribution is 4.93. The highest BCUT2D eigenvalue weighted by atomic mass is 15.2. The molecule has 116 valence electrons. The molecule has 3 atom stereocenters. The minimum absolute atomic E-state index is 0.693. The summed E-state index contributed by atoms with van der Waals surface area (Å²) >= 11 is 0. The van der Waals surface area contributed by atoms with Crippen LogP contribution in [0.2, 0.25) is 0 Å². The molecular formula is C17H33N3. The molecule has 3 aliphatic rings. The van der Waals surface area contributed by atoms with Gasteiger partial charge in [-0.05, 0) is 64.5 Å². The quantitative estimate of drug-likeness (QED) is 0.805. The first-order chi connectivity index (χ1) is 9.76. The van der Waals surface area contributed by atoms with Gasteiger partial charge in [-0.2, -0.15) is 0 Å². The minimum atomic E-state index is 0.693. The fourth-order valence-electron chi connectivity index (χ4n) is 4.22. The first kappa shape index (κ1) is 14.8. The summed E-state index contributed by atoms with van der Waals surface area (Å²) in [6.45, 7) is 11.3. The van der Waals surface area contributed by atoms with Crippen molar-refractivity contribution in [2.45, 2.75) is 70.5 Å². The molecule has 0 amide bonds. The summed E-state index contributed by atoms with van der Waals surface area (Å²) in [6, 6.07) is 2.40. The monoisotopic (exact) mass is 279 g/mol. The Bertz CT molecular complexity index is 301. The summed E-state index contributed by atoms with van der Waals surface area (Å²) in [5.74, 6) is 0.866. The number of piperidine rings is 1. The maximum Gasteiger partial charge on any atom is 0.0209 e. The Morgan fingerprint density at radius 1 is 1.10 bits per heavy atom. The second-order valence-electron chi connectivity index (χ2n) is 7.37. The molecule has 0 aromatic carbocycles. The maximum atomic E-state index is 3.96. The van der Waals surface area contributed by atoms with Crippen LogP contribution in [0.3, 0.4) is 0 Å². The van der Waals surface area contributed by atoms with Crippen LogP contribution in [0.25, 0.3) is 0 Å². The van der Waals surface area contributed by atoms with E-state index in [0.717, 1.165) is 18.0 Å². The highest BCUT2D eigenvalue weighted by Gasteiger charge is 2.35. The number of likely N-dealkylation sites (tertiary alicyclic amines) is 2. The molecule has 0 aromatic heterocycles. The molecule has 1 N–H and O–H groups in total. The fourth-order valence-corrected chi connectivity index (χ4v) is 4.22. The van der Waals surface area contributed by atoms with Crippen molar-refractivity contribution in [1.82, 2.24) is 15.1 Å². The second kappa shape index (κ2) is 6.76. The largest absolute Gasteiger partial charge is 0.310 e. The smallest absolute Gasteiger partial charge is 0.0209 e. The SMILES string of the molecule is CCCN1CCCC(C(C)NC2CCN(C3CC3)C2)C1. The van der Waals surface area contributed by atoms with E-state index in [4.69, 9.17) is 0 Å². The van der Waals surface area contributed by atoms with E-state index in [1.165, 1.54) is 71.2 Å². The molecule has 2 saturated heterocycles. The lowest BCUT2D eigenvalue weighted by Gasteiger charge is -2.37. The van der Waals surface area contributed by atoms with E-state index in [1.807, 2.05) is 0 Å². The topological polar surface area (TPSA) is 18.5 Å². The van der Waals surface area contributed by atoms with Gasteiger partial charge in [-0.3, -0.25) is 4.90 Å². The zero-order valence-corrected chi connectivity index (χ0v) is 13.5. The molecule has 2 heterocycles. The number of nitrogens with zero attached hydrogens (tertiary/aromatic N) is 2. The van der Waals surface area contributed by atoms with E-state index in [-0.39, 0.29) is 0 Å². The van der Waals surface area contributed by atoms with Crippen molar-refractivity contribution in [3.8, 4) is 0 Å². The van der Waals surface area contributed by atoms with Gasteiger partial charge in [-0.15, -0.1) is 0 Å². The maximum absolute atomic E-state index is 3.96. The lowest BCUT2D eigenvalue weighted by atomic mass is 9.91. The number of rotatable bonds is 6. The van der Waals surface area contributed by atoms with E-state index < -0.39 is 0 Å². The molecule has 2 aliphatic heterocycles. The van der Waals surface area contributed by atoms with Gasteiger partial charge >= 0.3 is 0 Å². The van der Waals surface area contributed by atoms with Crippen molar-refractivity contribution in [1.29, 1.82) is 0 Å². The zero-order valence-electron chi connectivity index (χ0n) is 13.5. The van der Waals surface area contributed by atoms with Gasteiger partial charge < -0.3 is 10.2 Å². The molecular weight excluding hydrogens is 246 g/mol. The van der Waals surface area contributed by atoms with Crippen LogP contribution in [0, 0.1) is 5.92 Å². The number of hydrogen-bond acceptors (Lipinski definition) is 3. The van der Waals surface area contributed by atoms with Crippen LogP contribution in [0.4, 0.5) is 0 Å². The summed E-state index contributed by atoms with van der Waals surface area (Å²) in [6.07, 6.45) is 8.40. The standard InChI is InChI=1S/C17H33N3/c1-3-9-19-10-4-5-15(12-19)14(2)18-16-8-11-20(13-16)17-6-7-17/h14-18H,3-13H2,1-2H3. The van der Waals surface area contributed by atoms with Gasteiger partial charge in [-0.1, -0.05) is 6.92 Å². The van der Waals surface area contributed by atoms with E-state index in [9.17, 15) is 0 Å². The van der Waals surface area contributed by atoms with Gasteiger partial charge in [0.2, 0.25) is 0 Å². The Morgan fingerprint density at radius 3 is 2.70 bits per heavy atom. The average Bonchev–Trinajstić information content (AvgIpc) is 3.20. The van der Waals surface area contributed by atoms with Gasteiger partial charge in [-0.25, -0.2) is 0 Å². The van der Waals surface area contributed by atoms with Crippen LogP contribution in [0.1, 0.15) is 52.4 Å². The van der Waals surface area contributed by atoms with Crippen molar-refractivity contribution < 1.29 is 0 Å². The van der Waals surface area contributed by atoms with E-state index >= 15 is 0 Å². The third-order valence-corrected chi connectivity index (χ3v) is 5.57. The van der Waals surface area contributed by atoms with Gasteiger partial charge in [0, 0.05) is 37.8 Å². The van der Waals surface area contributed by atoms with Gasteiger partial charge in [0.25, 0.3) is 0 Å². The zero-order chi connectivity index (χ0) is 13.9. The van der Waals surface area contributed by atoms with E-state index in [1.54, 1.807) is 0 Å². The first-order valence-corrected chi connectivity index (χ1v) is 8.98. The molecule has 3 rings (SSSR count). The Labute approximate surface area is 125 Å². The number of hydrogen-bond donors (Lipinski definition) is 1. The first-order valence-electron chi connectivity index (χ1n) is 8.98. The minimum Gasteiger partial charge on any atom is -0.310 e. The average molecular weight is 279 g/mol. The summed E-state index contributed by atoms with van der Waals surface area (Å²) in [5, 5.41) is 3.96. The van der Waals surface area contributed by atoms with Crippen molar-refractivity contribution in [2.75, 3.05) is 32.7 Å². The molecule has 0 bridgehead atoms. The summed E-state index contributed by atoms with van der Waals surface area (Å²) in [4.78, 5) is 5.39. The van der Waals surface area contributed by atoms with Crippen molar-refractivity contribution in [2.24, 2.45) is 5.92 Å². The van der Waals surface area contributed by atoms with Gasteiger partial charge in [0.05, 0.1) is 0 Å². The second-order valence-corrected chi connectivity index (χ2v) is 7.37. The third kappa shape index (κ3) is 3.75. The Balaban J connectivity index is 1.42. The third-order valence-electron chi connectivity index (χ3n) is 5.57. The molecule has 3 heteroatoms. The molecule has 3 unspecified atom stereocenters. The van der Waals surface area contributed by atoms with Crippen LogP contribution in [0.15, 0.2) is 0 Å². The van der Waals surface area contributed by atoms with Crippen LogP contribution in [-0.4, -0.2) is 60.6 Å². The molecule has 0 spiro atoms. The van der Waals surface area contributed by atoms with Crippen LogP contribution in [0.5, 0.6) is 0 Å². The molecule has 0 aromatic rings. The van der Waals surface area contributed by atoms with Crippen LogP contribution < -0.4 is 5.32 Å². The van der Waals surface area contributed by atoms with Crippen molar-refractivity contribution in [3.05, 3.63) is 0 Å². The Hall–Kier alpha value is -0.120. The van der Waals surface area contributed by atoms with Crippen molar-refractivity contribution >= 4 is 0 Å². The molecule has 20 heavy (non-hydrogen) atoms. The Morgan fingerprint density at radius 2 is 1.95 bits per heavy atom. The van der Waals surface area contributed by atoms with E-state index in [2.05, 4.69) is 29.0 Å². The van der Waals surface area contributed by atoms with E-state index in [0.29, 0.717) is 6.04 Å². The lowest BCUT2D eigenvalue weighted by molar-refractivity contribution is 0.146. The molecule has 0 radical (unpaired) electrons. The predicted octanol–water partition coefficient (Wildman–Crippen LogP) is 2.32. The van der Waals surface area contributed by atoms with Crippen molar-refractivity contribution in [3.63, 3.8) is 0 Å². The summed E-state index contributed by atoms with van der Waals surface area (Å²) in [5.41, 5.74) is 0.